The molecule has 4 aromatic rings. The summed E-state index contributed by atoms with van der Waals surface area (Å²) in [5, 5.41) is 8.09. The number of aromatic nitrogens is 5. The summed E-state index contributed by atoms with van der Waals surface area (Å²) in [6.45, 7) is 0. The Labute approximate surface area is 136 Å². The lowest BCUT2D eigenvalue weighted by Crippen LogP contribution is -2.08. The van der Waals surface area contributed by atoms with Crippen LogP contribution in [0.3, 0.4) is 0 Å². The van der Waals surface area contributed by atoms with Crippen LogP contribution in [0.25, 0.3) is 17.1 Å². The van der Waals surface area contributed by atoms with Gasteiger partial charge < -0.3 is 4.42 Å². The van der Waals surface area contributed by atoms with E-state index in [-0.39, 0.29) is 11.6 Å². The fourth-order valence-electron chi connectivity index (χ4n) is 2.25. The lowest BCUT2D eigenvalue weighted by Gasteiger charge is -2.03. The smallest absolute Gasteiger partial charge is 0.230 e. The first kappa shape index (κ1) is 14.0. The summed E-state index contributed by atoms with van der Waals surface area (Å²) < 4.78 is 5.30. The van der Waals surface area contributed by atoms with Crippen molar-refractivity contribution < 1.29 is 9.21 Å². The molecule has 0 aliphatic rings. The summed E-state index contributed by atoms with van der Waals surface area (Å²) in [5.74, 6) is 0.448. The van der Waals surface area contributed by atoms with Crippen molar-refractivity contribution in [3.63, 3.8) is 0 Å². The highest BCUT2D eigenvalue weighted by Gasteiger charge is 2.14. The number of hydrogen-bond donors (Lipinski definition) is 0. The van der Waals surface area contributed by atoms with Crippen LogP contribution in [0.2, 0.25) is 0 Å². The van der Waals surface area contributed by atoms with Crippen molar-refractivity contribution in [2.75, 3.05) is 0 Å². The molecular formula is C17H11N5O2. The predicted octanol–water partition coefficient (Wildman–Crippen LogP) is 2.55. The molecule has 7 nitrogen and oxygen atoms in total. The molecule has 24 heavy (non-hydrogen) atoms. The third-order valence-corrected chi connectivity index (χ3v) is 3.41. The number of furan rings is 1. The summed E-state index contributed by atoms with van der Waals surface area (Å²) in [5.41, 5.74) is 1.82. The van der Waals surface area contributed by atoms with E-state index in [1.807, 2.05) is 0 Å². The number of nitrogens with zero attached hydrogens (tertiary/aromatic N) is 5. The van der Waals surface area contributed by atoms with Gasteiger partial charge in [-0.1, -0.05) is 0 Å². The lowest BCUT2D eigenvalue weighted by atomic mass is 10.1. The maximum absolute atomic E-state index is 12.6. The van der Waals surface area contributed by atoms with Gasteiger partial charge in [0.25, 0.3) is 0 Å². The van der Waals surface area contributed by atoms with E-state index in [0.29, 0.717) is 17.0 Å². The second kappa shape index (κ2) is 5.88. The van der Waals surface area contributed by atoms with Crippen molar-refractivity contribution in [3.8, 4) is 17.1 Å². The van der Waals surface area contributed by atoms with Crippen LogP contribution >= 0.6 is 0 Å². The van der Waals surface area contributed by atoms with Crippen molar-refractivity contribution in [2.24, 2.45) is 0 Å². The Morgan fingerprint density at radius 1 is 0.958 bits per heavy atom. The molecule has 0 atom stereocenters. The molecule has 0 bridgehead atoms. The van der Waals surface area contributed by atoms with Gasteiger partial charge in [-0.25, -0.2) is 9.97 Å². The van der Waals surface area contributed by atoms with Gasteiger partial charge in [0.15, 0.2) is 5.76 Å². The molecule has 7 heteroatoms. The molecule has 0 N–H and O–H groups in total. The van der Waals surface area contributed by atoms with Crippen molar-refractivity contribution in [1.29, 1.82) is 0 Å². The van der Waals surface area contributed by atoms with E-state index in [9.17, 15) is 4.79 Å². The second-order valence-corrected chi connectivity index (χ2v) is 4.94. The maximum atomic E-state index is 12.6. The SMILES string of the molecule is O=C(c1ccc(-n2nccn2)cc1)c1nccc(-c2ccco2)n1. The quantitative estimate of drug-likeness (QED) is 0.538. The van der Waals surface area contributed by atoms with Gasteiger partial charge >= 0.3 is 0 Å². The van der Waals surface area contributed by atoms with Gasteiger partial charge in [0.2, 0.25) is 11.6 Å². The van der Waals surface area contributed by atoms with Crippen LogP contribution in [0, 0.1) is 0 Å². The average Bonchev–Trinajstić information content (AvgIpc) is 3.35. The first-order valence-electron chi connectivity index (χ1n) is 7.20. The molecular weight excluding hydrogens is 306 g/mol. The Morgan fingerprint density at radius 2 is 1.75 bits per heavy atom. The lowest BCUT2D eigenvalue weighted by molar-refractivity contribution is 0.102. The zero-order valence-corrected chi connectivity index (χ0v) is 12.4. The average molecular weight is 317 g/mol. The zero-order chi connectivity index (χ0) is 16.4. The van der Waals surface area contributed by atoms with Gasteiger partial charge in [-0.05, 0) is 42.5 Å². The third kappa shape index (κ3) is 2.58. The van der Waals surface area contributed by atoms with E-state index in [1.165, 1.54) is 4.80 Å². The third-order valence-electron chi connectivity index (χ3n) is 3.41. The van der Waals surface area contributed by atoms with Crippen molar-refractivity contribution in [1.82, 2.24) is 25.0 Å². The topological polar surface area (TPSA) is 86.7 Å². The highest BCUT2D eigenvalue weighted by molar-refractivity contribution is 6.06. The molecule has 1 aromatic carbocycles. The van der Waals surface area contributed by atoms with E-state index >= 15 is 0 Å². The summed E-state index contributed by atoms with van der Waals surface area (Å²) >= 11 is 0. The highest BCUT2D eigenvalue weighted by Crippen LogP contribution is 2.18. The first-order chi connectivity index (χ1) is 11.8. The van der Waals surface area contributed by atoms with Gasteiger partial charge in [0, 0.05) is 11.8 Å². The van der Waals surface area contributed by atoms with Crippen LogP contribution in [-0.2, 0) is 0 Å². The van der Waals surface area contributed by atoms with Crippen LogP contribution in [-0.4, -0.2) is 30.7 Å². The number of benzene rings is 1. The largest absolute Gasteiger partial charge is 0.463 e. The molecule has 4 rings (SSSR count). The molecule has 0 saturated carbocycles. The number of ketones is 1. The van der Waals surface area contributed by atoms with Crippen LogP contribution < -0.4 is 0 Å². The van der Waals surface area contributed by atoms with Crippen LogP contribution in [0.1, 0.15) is 16.2 Å². The van der Waals surface area contributed by atoms with Crippen molar-refractivity contribution >= 4 is 5.78 Å². The fourth-order valence-corrected chi connectivity index (χ4v) is 2.25. The molecule has 3 aromatic heterocycles. The van der Waals surface area contributed by atoms with Crippen LogP contribution in [0.4, 0.5) is 0 Å². The molecule has 0 fully saturated rings. The summed E-state index contributed by atoms with van der Waals surface area (Å²) in [7, 11) is 0. The molecule has 0 spiro atoms. The number of carbonyl (C=O) groups is 1. The molecule has 3 heterocycles. The molecule has 0 amide bonds. The normalized spacial score (nSPS) is 10.7. The Balaban J connectivity index is 1.63. The summed E-state index contributed by atoms with van der Waals surface area (Å²) in [4.78, 5) is 22.4. The predicted molar refractivity (Wildman–Crippen MR) is 84.5 cm³/mol. The molecule has 0 saturated heterocycles. The fraction of sp³-hybridized carbons (Fsp3) is 0. The van der Waals surface area contributed by atoms with Gasteiger partial charge in [0.1, 0.15) is 5.69 Å². The molecule has 0 unspecified atom stereocenters. The minimum atomic E-state index is -0.261. The van der Waals surface area contributed by atoms with Gasteiger partial charge in [0.05, 0.1) is 24.3 Å². The van der Waals surface area contributed by atoms with Gasteiger partial charge in [-0.3, -0.25) is 4.79 Å². The maximum Gasteiger partial charge on any atom is 0.230 e. The van der Waals surface area contributed by atoms with Crippen LogP contribution in [0.15, 0.2) is 71.7 Å². The summed E-state index contributed by atoms with van der Waals surface area (Å²) in [6.07, 6.45) is 6.28. The minimum absolute atomic E-state index is 0.119. The van der Waals surface area contributed by atoms with E-state index in [4.69, 9.17) is 4.42 Å². The molecule has 0 aliphatic carbocycles. The number of rotatable bonds is 4. The van der Waals surface area contributed by atoms with Crippen molar-refractivity contribution in [3.05, 3.63) is 78.7 Å². The van der Waals surface area contributed by atoms with E-state index in [0.717, 1.165) is 5.69 Å². The number of hydrogen-bond acceptors (Lipinski definition) is 6. The first-order valence-corrected chi connectivity index (χ1v) is 7.20. The highest BCUT2D eigenvalue weighted by atomic mass is 16.3. The Bertz CT molecular complexity index is 961. The minimum Gasteiger partial charge on any atom is -0.463 e. The zero-order valence-electron chi connectivity index (χ0n) is 12.4. The van der Waals surface area contributed by atoms with E-state index < -0.39 is 0 Å². The van der Waals surface area contributed by atoms with Gasteiger partial charge in [-0.2, -0.15) is 15.0 Å². The Kier molecular flexibility index (Phi) is 3.43. The molecule has 116 valence electrons. The summed E-state index contributed by atoms with van der Waals surface area (Å²) in [6, 6.07) is 12.2. The van der Waals surface area contributed by atoms with Gasteiger partial charge in [-0.15, -0.1) is 0 Å². The Morgan fingerprint density at radius 3 is 2.46 bits per heavy atom. The monoisotopic (exact) mass is 317 g/mol. The standard InChI is InChI=1S/C17H11N5O2/c23-16(12-3-5-13(6-4-12)22-19-9-10-20-22)17-18-8-7-14(21-17)15-2-1-11-24-15/h1-11H. The molecule has 0 radical (unpaired) electrons. The molecule has 0 aliphatic heterocycles. The second-order valence-electron chi connectivity index (χ2n) is 4.94. The van der Waals surface area contributed by atoms with Crippen molar-refractivity contribution in [2.45, 2.75) is 0 Å². The number of carbonyl (C=O) groups excluding carboxylic acids is 1. The van der Waals surface area contributed by atoms with E-state index in [2.05, 4.69) is 20.2 Å². The van der Waals surface area contributed by atoms with E-state index in [1.54, 1.807) is 67.3 Å². The van der Waals surface area contributed by atoms with Crippen LogP contribution in [0.5, 0.6) is 0 Å². The Hall–Kier alpha value is -3.61.